The first-order valence-electron chi connectivity index (χ1n) is 5.23. The van der Waals surface area contributed by atoms with Gasteiger partial charge in [0.2, 0.25) is 5.79 Å². The third kappa shape index (κ3) is 2.10. The maximum absolute atomic E-state index is 11.5. The molecule has 1 aromatic rings. The molecule has 1 aliphatic heterocycles. The van der Waals surface area contributed by atoms with Gasteiger partial charge in [0.25, 0.3) is 0 Å². The zero-order valence-electron chi connectivity index (χ0n) is 9.10. The molecule has 1 fully saturated rings. The fourth-order valence-corrected chi connectivity index (χ4v) is 1.71. The van der Waals surface area contributed by atoms with E-state index < -0.39 is 5.79 Å². The highest BCUT2D eigenvalue weighted by atomic mass is 16.7. The summed E-state index contributed by atoms with van der Waals surface area (Å²) in [5, 5.41) is 0. The summed E-state index contributed by atoms with van der Waals surface area (Å²) in [5.74, 6) is -1.37. The van der Waals surface area contributed by atoms with Gasteiger partial charge in [-0.15, -0.1) is 0 Å². The van der Waals surface area contributed by atoms with Crippen LogP contribution in [0.25, 0.3) is 0 Å². The van der Waals surface area contributed by atoms with Gasteiger partial charge in [-0.05, 0) is 13.0 Å². The van der Waals surface area contributed by atoms with Crippen molar-refractivity contribution in [3.05, 3.63) is 24.2 Å². The van der Waals surface area contributed by atoms with Crippen LogP contribution in [0.15, 0.2) is 23.0 Å². The van der Waals surface area contributed by atoms with E-state index >= 15 is 0 Å². The predicted octanol–water partition coefficient (Wildman–Crippen LogP) is 1.43. The molecule has 5 heteroatoms. The Morgan fingerprint density at radius 2 is 2.25 bits per heavy atom. The van der Waals surface area contributed by atoms with Crippen LogP contribution in [0.5, 0.6) is 0 Å². The van der Waals surface area contributed by atoms with Gasteiger partial charge in [-0.2, -0.15) is 0 Å². The quantitative estimate of drug-likeness (QED) is 0.727. The van der Waals surface area contributed by atoms with Crippen LogP contribution in [0.1, 0.15) is 18.9 Å². The summed E-state index contributed by atoms with van der Waals surface area (Å²) >= 11 is 0. The molecule has 0 radical (unpaired) electrons. The summed E-state index contributed by atoms with van der Waals surface area (Å²) in [6.45, 7) is 3.04. The third-order valence-corrected chi connectivity index (χ3v) is 2.40. The van der Waals surface area contributed by atoms with Crippen LogP contribution >= 0.6 is 0 Å². The Hall–Kier alpha value is -1.33. The van der Waals surface area contributed by atoms with Crippen LogP contribution in [0.2, 0.25) is 0 Å². The highest BCUT2D eigenvalue weighted by Crippen LogP contribution is 2.35. The number of ether oxygens (including phenoxy) is 3. The van der Waals surface area contributed by atoms with Gasteiger partial charge in [0.05, 0.1) is 32.3 Å². The maximum atomic E-state index is 11.5. The zero-order valence-corrected chi connectivity index (χ0v) is 9.10. The molecule has 1 aliphatic rings. The fraction of sp³-hybridized carbons (Fsp3) is 0.545. The Morgan fingerprint density at radius 3 is 2.81 bits per heavy atom. The molecule has 2 heterocycles. The molecule has 0 saturated carbocycles. The molecule has 1 aromatic heterocycles. The van der Waals surface area contributed by atoms with Gasteiger partial charge in [-0.3, -0.25) is 4.79 Å². The van der Waals surface area contributed by atoms with Crippen LogP contribution in [0.3, 0.4) is 0 Å². The summed E-state index contributed by atoms with van der Waals surface area (Å²) in [6, 6.07) is 1.73. The predicted molar refractivity (Wildman–Crippen MR) is 53.5 cm³/mol. The molecular weight excluding hydrogens is 212 g/mol. The van der Waals surface area contributed by atoms with E-state index in [1.54, 1.807) is 13.0 Å². The minimum absolute atomic E-state index is 0.0420. The second-order valence-electron chi connectivity index (χ2n) is 3.44. The van der Waals surface area contributed by atoms with Gasteiger partial charge < -0.3 is 18.6 Å². The van der Waals surface area contributed by atoms with E-state index in [-0.39, 0.29) is 12.4 Å². The molecular formula is C11H14O5. The topological polar surface area (TPSA) is 57.9 Å². The first-order chi connectivity index (χ1) is 7.77. The van der Waals surface area contributed by atoms with E-state index in [2.05, 4.69) is 0 Å². The van der Waals surface area contributed by atoms with Crippen molar-refractivity contribution in [2.24, 2.45) is 0 Å². The van der Waals surface area contributed by atoms with Crippen molar-refractivity contribution in [1.82, 2.24) is 0 Å². The molecule has 0 aromatic carbocycles. The van der Waals surface area contributed by atoms with Crippen molar-refractivity contribution in [3.8, 4) is 0 Å². The first-order valence-corrected chi connectivity index (χ1v) is 5.23. The van der Waals surface area contributed by atoms with E-state index in [1.807, 2.05) is 0 Å². The molecule has 0 unspecified atom stereocenters. The lowest BCUT2D eigenvalue weighted by atomic mass is 10.1. The van der Waals surface area contributed by atoms with Gasteiger partial charge in [0, 0.05) is 5.56 Å². The minimum Gasteiger partial charge on any atom is -0.472 e. The molecule has 5 nitrogen and oxygen atoms in total. The van der Waals surface area contributed by atoms with Crippen molar-refractivity contribution in [2.75, 3.05) is 19.8 Å². The van der Waals surface area contributed by atoms with Crippen molar-refractivity contribution in [3.63, 3.8) is 0 Å². The van der Waals surface area contributed by atoms with Crippen LogP contribution < -0.4 is 0 Å². The Morgan fingerprint density at radius 1 is 1.50 bits per heavy atom. The highest BCUT2D eigenvalue weighted by molar-refractivity contribution is 5.70. The Balaban J connectivity index is 2.13. The normalized spacial score (nSPS) is 18.6. The van der Waals surface area contributed by atoms with Gasteiger partial charge in [0.15, 0.2) is 0 Å². The minimum atomic E-state index is -1.03. The molecule has 0 N–H and O–H groups in total. The number of rotatable bonds is 4. The lowest BCUT2D eigenvalue weighted by molar-refractivity contribution is -0.188. The number of furan rings is 1. The fourth-order valence-electron chi connectivity index (χ4n) is 1.71. The standard InChI is InChI=1S/C11H14O5/c1-2-14-10(12)7-11(15-5-6-16-11)9-3-4-13-8-9/h3-4,8H,2,5-7H2,1H3. The van der Waals surface area contributed by atoms with E-state index in [9.17, 15) is 4.79 Å². The number of hydrogen-bond acceptors (Lipinski definition) is 5. The molecule has 1 saturated heterocycles. The lowest BCUT2D eigenvalue weighted by Crippen LogP contribution is -2.30. The summed E-state index contributed by atoms with van der Waals surface area (Å²) < 4.78 is 20.9. The molecule has 2 rings (SSSR count). The van der Waals surface area contributed by atoms with Crippen LogP contribution in [0.4, 0.5) is 0 Å². The van der Waals surface area contributed by atoms with Crippen molar-refractivity contribution in [2.45, 2.75) is 19.1 Å². The molecule has 16 heavy (non-hydrogen) atoms. The largest absolute Gasteiger partial charge is 0.472 e. The van der Waals surface area contributed by atoms with E-state index in [1.165, 1.54) is 12.5 Å². The van der Waals surface area contributed by atoms with Gasteiger partial charge in [0.1, 0.15) is 6.42 Å². The average Bonchev–Trinajstić information content (AvgIpc) is 2.86. The molecule has 0 atom stereocenters. The summed E-state index contributed by atoms with van der Waals surface area (Å²) in [4.78, 5) is 11.5. The smallest absolute Gasteiger partial charge is 0.311 e. The number of carbonyl (C=O) groups excluding carboxylic acids is 1. The third-order valence-electron chi connectivity index (χ3n) is 2.40. The molecule has 88 valence electrons. The van der Waals surface area contributed by atoms with Crippen molar-refractivity contribution < 1.29 is 23.4 Å². The van der Waals surface area contributed by atoms with Gasteiger partial charge >= 0.3 is 5.97 Å². The Bertz CT molecular complexity index is 337. The van der Waals surface area contributed by atoms with Gasteiger partial charge in [-0.25, -0.2) is 0 Å². The summed E-state index contributed by atoms with van der Waals surface area (Å²) in [5.41, 5.74) is 0.707. The Kier molecular flexibility index (Phi) is 3.26. The molecule has 0 spiro atoms. The number of carbonyl (C=O) groups is 1. The molecule has 0 bridgehead atoms. The number of hydrogen-bond donors (Lipinski definition) is 0. The van der Waals surface area contributed by atoms with E-state index in [0.717, 1.165) is 0 Å². The lowest BCUT2D eigenvalue weighted by Gasteiger charge is -2.24. The molecule has 0 amide bonds. The van der Waals surface area contributed by atoms with Crippen LogP contribution in [-0.4, -0.2) is 25.8 Å². The van der Waals surface area contributed by atoms with Gasteiger partial charge in [-0.1, -0.05) is 0 Å². The van der Waals surface area contributed by atoms with Crippen LogP contribution in [-0.2, 0) is 24.8 Å². The summed E-state index contributed by atoms with van der Waals surface area (Å²) in [6.07, 6.45) is 3.08. The monoisotopic (exact) mass is 226 g/mol. The van der Waals surface area contributed by atoms with E-state index in [4.69, 9.17) is 18.6 Å². The Labute approximate surface area is 93.3 Å². The average molecular weight is 226 g/mol. The van der Waals surface area contributed by atoms with E-state index in [0.29, 0.717) is 25.4 Å². The zero-order chi connectivity index (χ0) is 11.4. The second-order valence-corrected chi connectivity index (χ2v) is 3.44. The van der Waals surface area contributed by atoms with Crippen molar-refractivity contribution >= 4 is 5.97 Å². The summed E-state index contributed by atoms with van der Waals surface area (Å²) in [7, 11) is 0. The van der Waals surface area contributed by atoms with Crippen LogP contribution in [0, 0.1) is 0 Å². The molecule has 0 aliphatic carbocycles. The second kappa shape index (κ2) is 4.67. The first kappa shape index (κ1) is 11.2. The SMILES string of the molecule is CCOC(=O)CC1(c2ccoc2)OCCO1. The number of esters is 1. The highest BCUT2D eigenvalue weighted by Gasteiger charge is 2.42. The maximum Gasteiger partial charge on any atom is 0.311 e. The van der Waals surface area contributed by atoms with Crippen molar-refractivity contribution in [1.29, 1.82) is 0 Å².